The fourth-order valence-corrected chi connectivity index (χ4v) is 3.04. The summed E-state index contributed by atoms with van der Waals surface area (Å²) < 4.78 is 2.57. The summed E-state index contributed by atoms with van der Waals surface area (Å²) in [5.74, 6) is 1.69. The summed E-state index contributed by atoms with van der Waals surface area (Å²) >= 11 is 3.47. The highest BCUT2D eigenvalue weighted by molar-refractivity contribution is 9.10. The number of anilines is 1. The smallest absolute Gasteiger partial charge is 0.164 e. The van der Waals surface area contributed by atoms with E-state index in [-0.39, 0.29) is 0 Å². The second kappa shape index (κ2) is 4.50. The summed E-state index contributed by atoms with van der Waals surface area (Å²) in [6.07, 6.45) is 5.38. The van der Waals surface area contributed by atoms with Crippen LogP contribution in [0.5, 0.6) is 0 Å². The molecule has 96 valence electrons. The van der Waals surface area contributed by atoms with Gasteiger partial charge in [-0.3, -0.25) is 0 Å². The maximum atomic E-state index is 4.35. The fraction of sp³-hybridized carbons (Fsp3) is 0.583. The zero-order chi connectivity index (χ0) is 12.7. The number of nitrogens with zero attached hydrogens (tertiary/aromatic N) is 4. The lowest BCUT2D eigenvalue weighted by atomic mass is 10.2. The molecule has 1 aliphatic rings. The number of hydrogen-bond donors (Lipinski definition) is 1. The Hall–Kier alpha value is -1.17. The van der Waals surface area contributed by atoms with Gasteiger partial charge in [0.1, 0.15) is 16.7 Å². The Kier molecular flexibility index (Phi) is 2.97. The first-order valence-corrected chi connectivity index (χ1v) is 7.09. The van der Waals surface area contributed by atoms with Crippen molar-refractivity contribution in [2.45, 2.75) is 32.2 Å². The minimum atomic E-state index is 0.565. The molecular weight excluding hydrogens is 294 g/mol. The van der Waals surface area contributed by atoms with Gasteiger partial charge < -0.3 is 5.32 Å². The van der Waals surface area contributed by atoms with Gasteiger partial charge in [0.25, 0.3) is 0 Å². The minimum absolute atomic E-state index is 0.565. The van der Waals surface area contributed by atoms with Gasteiger partial charge in [0.2, 0.25) is 0 Å². The Labute approximate surface area is 114 Å². The van der Waals surface area contributed by atoms with Crippen molar-refractivity contribution in [1.29, 1.82) is 0 Å². The Morgan fingerprint density at radius 3 is 3.11 bits per heavy atom. The Morgan fingerprint density at radius 2 is 2.33 bits per heavy atom. The monoisotopic (exact) mass is 309 g/mol. The molecule has 0 amide bonds. The SMILES string of the molecule is CCCC1CC1Nc1ncnc2c1c(Br)nn2C. The summed E-state index contributed by atoms with van der Waals surface area (Å²) in [6, 6.07) is 0.565. The molecule has 2 heterocycles. The van der Waals surface area contributed by atoms with Crippen LogP contribution in [0.15, 0.2) is 10.9 Å². The number of aromatic nitrogens is 4. The maximum Gasteiger partial charge on any atom is 0.164 e. The van der Waals surface area contributed by atoms with Crippen LogP contribution in [0, 0.1) is 5.92 Å². The third kappa shape index (κ3) is 1.98. The number of hydrogen-bond acceptors (Lipinski definition) is 4. The molecule has 0 aromatic carbocycles. The number of nitrogens with one attached hydrogen (secondary N) is 1. The number of fused-ring (bicyclic) bond motifs is 1. The van der Waals surface area contributed by atoms with E-state index in [1.54, 1.807) is 11.0 Å². The van der Waals surface area contributed by atoms with Gasteiger partial charge in [-0.25, -0.2) is 14.6 Å². The average Bonchev–Trinajstić information content (AvgIpc) is 2.99. The van der Waals surface area contributed by atoms with Crippen molar-refractivity contribution in [2.24, 2.45) is 13.0 Å². The summed E-state index contributed by atoms with van der Waals surface area (Å²) in [5.41, 5.74) is 0.854. The van der Waals surface area contributed by atoms with Gasteiger partial charge in [0.05, 0.1) is 5.39 Å². The van der Waals surface area contributed by atoms with Gasteiger partial charge in [-0.05, 0) is 34.7 Å². The van der Waals surface area contributed by atoms with Gasteiger partial charge in [-0.2, -0.15) is 5.10 Å². The van der Waals surface area contributed by atoms with Crippen LogP contribution in [-0.2, 0) is 7.05 Å². The van der Waals surface area contributed by atoms with Crippen molar-refractivity contribution < 1.29 is 0 Å². The highest BCUT2D eigenvalue weighted by Crippen LogP contribution is 2.38. The number of rotatable bonds is 4. The first kappa shape index (κ1) is 11.9. The molecule has 6 heteroatoms. The van der Waals surface area contributed by atoms with Crippen LogP contribution in [0.1, 0.15) is 26.2 Å². The van der Waals surface area contributed by atoms with E-state index < -0.39 is 0 Å². The molecule has 0 bridgehead atoms. The Bertz CT molecular complexity index is 579. The van der Waals surface area contributed by atoms with Crippen LogP contribution in [0.3, 0.4) is 0 Å². The van der Waals surface area contributed by atoms with E-state index in [9.17, 15) is 0 Å². The first-order chi connectivity index (χ1) is 8.70. The lowest BCUT2D eigenvalue weighted by Crippen LogP contribution is -2.07. The van der Waals surface area contributed by atoms with Crippen LogP contribution in [0.4, 0.5) is 5.82 Å². The molecule has 5 nitrogen and oxygen atoms in total. The molecule has 1 fully saturated rings. The topological polar surface area (TPSA) is 55.6 Å². The summed E-state index contributed by atoms with van der Waals surface area (Å²) in [4.78, 5) is 8.61. The average molecular weight is 310 g/mol. The van der Waals surface area contributed by atoms with Crippen LogP contribution in [0.2, 0.25) is 0 Å². The molecule has 0 radical (unpaired) electrons. The molecule has 0 spiro atoms. The van der Waals surface area contributed by atoms with Gasteiger partial charge in [-0.15, -0.1) is 0 Å². The van der Waals surface area contributed by atoms with E-state index in [1.165, 1.54) is 19.3 Å². The van der Waals surface area contributed by atoms with Crippen molar-refractivity contribution in [3.8, 4) is 0 Å². The Balaban J connectivity index is 1.89. The highest BCUT2D eigenvalue weighted by atomic mass is 79.9. The molecule has 2 aromatic rings. The van der Waals surface area contributed by atoms with E-state index in [1.807, 2.05) is 7.05 Å². The number of halogens is 1. The lowest BCUT2D eigenvalue weighted by Gasteiger charge is -2.05. The quantitative estimate of drug-likeness (QED) is 0.943. The van der Waals surface area contributed by atoms with Crippen molar-refractivity contribution >= 4 is 32.8 Å². The molecule has 2 aromatic heterocycles. The van der Waals surface area contributed by atoms with Crippen molar-refractivity contribution in [2.75, 3.05) is 5.32 Å². The normalized spacial score (nSPS) is 22.4. The van der Waals surface area contributed by atoms with Gasteiger partial charge in [0, 0.05) is 13.1 Å². The van der Waals surface area contributed by atoms with Gasteiger partial charge in [0.15, 0.2) is 5.65 Å². The predicted octanol–water partition coefficient (Wildman–Crippen LogP) is 2.73. The fourth-order valence-electron chi connectivity index (χ4n) is 2.44. The molecule has 2 atom stereocenters. The second-order valence-electron chi connectivity index (χ2n) is 4.87. The van der Waals surface area contributed by atoms with E-state index in [0.717, 1.165) is 27.4 Å². The van der Waals surface area contributed by atoms with Crippen molar-refractivity contribution in [1.82, 2.24) is 19.7 Å². The van der Waals surface area contributed by atoms with Crippen molar-refractivity contribution in [3.05, 3.63) is 10.9 Å². The zero-order valence-corrected chi connectivity index (χ0v) is 12.1. The summed E-state index contributed by atoms with van der Waals surface area (Å²) in [6.45, 7) is 2.23. The molecule has 1 saturated carbocycles. The molecule has 0 saturated heterocycles. The molecule has 3 rings (SSSR count). The van der Waals surface area contributed by atoms with Crippen LogP contribution in [-0.4, -0.2) is 25.8 Å². The van der Waals surface area contributed by atoms with Crippen molar-refractivity contribution in [3.63, 3.8) is 0 Å². The van der Waals surface area contributed by atoms with Gasteiger partial charge in [-0.1, -0.05) is 13.3 Å². The largest absolute Gasteiger partial charge is 0.366 e. The zero-order valence-electron chi connectivity index (χ0n) is 10.5. The van der Waals surface area contributed by atoms with E-state index in [0.29, 0.717) is 6.04 Å². The predicted molar refractivity (Wildman–Crippen MR) is 74.4 cm³/mol. The minimum Gasteiger partial charge on any atom is -0.366 e. The number of aryl methyl sites for hydroxylation is 1. The first-order valence-electron chi connectivity index (χ1n) is 6.30. The molecule has 0 aliphatic heterocycles. The van der Waals surface area contributed by atoms with E-state index >= 15 is 0 Å². The third-order valence-electron chi connectivity index (χ3n) is 3.48. The van der Waals surface area contributed by atoms with Gasteiger partial charge >= 0.3 is 0 Å². The Morgan fingerprint density at radius 1 is 1.50 bits per heavy atom. The van der Waals surface area contributed by atoms with E-state index in [4.69, 9.17) is 0 Å². The maximum absolute atomic E-state index is 4.35. The molecule has 1 aliphatic carbocycles. The van der Waals surface area contributed by atoms with Crippen LogP contribution >= 0.6 is 15.9 Å². The van der Waals surface area contributed by atoms with Crippen LogP contribution < -0.4 is 5.32 Å². The summed E-state index contributed by atoms with van der Waals surface area (Å²) in [5, 5.41) is 8.81. The third-order valence-corrected chi connectivity index (χ3v) is 4.04. The molecular formula is C12H16BrN5. The molecule has 2 unspecified atom stereocenters. The lowest BCUT2D eigenvalue weighted by molar-refractivity contribution is 0.692. The molecule has 18 heavy (non-hydrogen) atoms. The molecule has 1 N–H and O–H groups in total. The van der Waals surface area contributed by atoms with E-state index in [2.05, 4.69) is 43.2 Å². The summed E-state index contributed by atoms with van der Waals surface area (Å²) in [7, 11) is 1.89. The second-order valence-corrected chi connectivity index (χ2v) is 5.62. The standard InChI is InChI=1S/C12H16BrN5/c1-3-4-7-5-8(7)16-11-9-10(13)17-18(2)12(9)15-6-14-11/h6-8H,3-5H2,1-2H3,(H,14,15,16). The highest BCUT2D eigenvalue weighted by Gasteiger charge is 2.36. The van der Waals surface area contributed by atoms with Crippen LogP contribution in [0.25, 0.3) is 11.0 Å².